The molecule has 31 heavy (non-hydrogen) atoms. The number of aromatic hydroxyl groups is 1. The van der Waals surface area contributed by atoms with Gasteiger partial charge in [0.05, 0.1) is 29.1 Å². The highest BCUT2D eigenvalue weighted by atomic mass is 35.5. The predicted octanol–water partition coefficient (Wildman–Crippen LogP) is 6.72. The van der Waals surface area contributed by atoms with Crippen LogP contribution in [-0.2, 0) is 17.7 Å². The molecule has 0 aliphatic carbocycles. The maximum Gasteiger partial charge on any atom is 0.338 e. The van der Waals surface area contributed by atoms with Crippen LogP contribution in [0.4, 0.5) is 0 Å². The van der Waals surface area contributed by atoms with Crippen molar-refractivity contribution in [1.82, 2.24) is 4.57 Å². The molecule has 4 rings (SSSR count). The van der Waals surface area contributed by atoms with E-state index in [1.54, 1.807) is 6.07 Å². The monoisotopic (exact) mass is 435 g/mol. The summed E-state index contributed by atoms with van der Waals surface area (Å²) >= 11 is 6.46. The van der Waals surface area contributed by atoms with E-state index in [0.29, 0.717) is 27.9 Å². The van der Waals surface area contributed by atoms with Crippen LogP contribution in [0.3, 0.4) is 0 Å². The highest BCUT2D eigenvalue weighted by Crippen LogP contribution is 2.39. The highest BCUT2D eigenvalue weighted by molar-refractivity contribution is 6.31. The summed E-state index contributed by atoms with van der Waals surface area (Å²) in [7, 11) is 1.37. The standard InChI is InChI=1S/C26H26ClNO3/c1-3-4-5-9-17-14-22-25(23(29)15-17)24-19(26(30)31-2)11-8-13-21(24)28(22)16-18-10-6-7-12-20(18)27/h6-8,10-15,29H,3-5,9,16H2,1-2H3. The minimum Gasteiger partial charge on any atom is -0.507 e. The van der Waals surface area contributed by atoms with Crippen molar-refractivity contribution >= 4 is 39.4 Å². The molecule has 0 atom stereocenters. The summed E-state index contributed by atoms with van der Waals surface area (Å²) in [6.45, 7) is 2.71. The Morgan fingerprint density at radius 1 is 1.03 bits per heavy atom. The van der Waals surface area contributed by atoms with Gasteiger partial charge in [-0.3, -0.25) is 0 Å². The maximum atomic E-state index is 12.5. The topological polar surface area (TPSA) is 51.5 Å². The van der Waals surface area contributed by atoms with Crippen molar-refractivity contribution in [3.8, 4) is 5.75 Å². The number of halogens is 1. The number of nitrogens with zero attached hydrogens (tertiary/aromatic N) is 1. The first kappa shape index (κ1) is 21.3. The summed E-state index contributed by atoms with van der Waals surface area (Å²) in [5, 5.41) is 13.1. The molecule has 0 radical (unpaired) electrons. The molecule has 0 amide bonds. The molecule has 0 fully saturated rings. The lowest BCUT2D eigenvalue weighted by Gasteiger charge is -2.11. The van der Waals surface area contributed by atoms with Crippen LogP contribution in [-0.4, -0.2) is 22.8 Å². The third kappa shape index (κ3) is 4.00. The Kier molecular flexibility index (Phi) is 6.19. The zero-order valence-electron chi connectivity index (χ0n) is 17.8. The van der Waals surface area contributed by atoms with E-state index in [2.05, 4.69) is 17.6 Å². The Labute approximate surface area is 187 Å². The smallest absolute Gasteiger partial charge is 0.338 e. The molecular formula is C26H26ClNO3. The summed E-state index contributed by atoms with van der Waals surface area (Å²) in [5.41, 5.74) is 4.25. The van der Waals surface area contributed by atoms with Gasteiger partial charge in [0.15, 0.2) is 0 Å². The average Bonchev–Trinajstić information content (AvgIpc) is 3.09. The quantitative estimate of drug-likeness (QED) is 0.259. The van der Waals surface area contributed by atoms with E-state index >= 15 is 0 Å². The number of esters is 1. The van der Waals surface area contributed by atoms with Crippen LogP contribution in [0.15, 0.2) is 54.6 Å². The predicted molar refractivity (Wildman–Crippen MR) is 126 cm³/mol. The summed E-state index contributed by atoms with van der Waals surface area (Å²) in [6.07, 6.45) is 4.26. The average molecular weight is 436 g/mol. The number of hydrogen-bond donors (Lipinski definition) is 1. The summed E-state index contributed by atoms with van der Waals surface area (Å²) < 4.78 is 7.14. The second-order valence-corrected chi connectivity index (χ2v) is 8.24. The van der Waals surface area contributed by atoms with Gasteiger partial charge in [-0.2, -0.15) is 0 Å². The van der Waals surface area contributed by atoms with E-state index in [1.165, 1.54) is 7.11 Å². The van der Waals surface area contributed by atoms with Gasteiger partial charge in [-0.1, -0.05) is 55.6 Å². The fraction of sp³-hybridized carbons (Fsp3) is 0.269. The summed E-state index contributed by atoms with van der Waals surface area (Å²) in [6, 6.07) is 17.2. The van der Waals surface area contributed by atoms with Gasteiger partial charge in [-0.15, -0.1) is 0 Å². The number of aryl methyl sites for hydroxylation is 1. The van der Waals surface area contributed by atoms with Crippen molar-refractivity contribution < 1.29 is 14.6 Å². The van der Waals surface area contributed by atoms with Gasteiger partial charge in [0.2, 0.25) is 0 Å². The number of rotatable bonds is 7. The lowest BCUT2D eigenvalue weighted by molar-refractivity contribution is 0.0603. The second kappa shape index (κ2) is 9.03. The second-order valence-electron chi connectivity index (χ2n) is 7.84. The molecule has 0 saturated carbocycles. The molecule has 160 valence electrons. The van der Waals surface area contributed by atoms with Gasteiger partial charge in [-0.25, -0.2) is 4.79 Å². The molecule has 5 heteroatoms. The van der Waals surface area contributed by atoms with Crippen molar-refractivity contribution in [1.29, 1.82) is 0 Å². The number of benzene rings is 3. The Hall–Kier alpha value is -2.98. The van der Waals surface area contributed by atoms with Crippen LogP contribution in [0.5, 0.6) is 5.75 Å². The normalized spacial score (nSPS) is 11.3. The van der Waals surface area contributed by atoms with Gasteiger partial charge in [0.25, 0.3) is 0 Å². The minimum atomic E-state index is -0.422. The van der Waals surface area contributed by atoms with E-state index in [9.17, 15) is 9.90 Å². The molecule has 0 saturated heterocycles. The summed E-state index contributed by atoms with van der Waals surface area (Å²) in [5.74, 6) is -0.239. The lowest BCUT2D eigenvalue weighted by Crippen LogP contribution is -2.03. The molecule has 0 bridgehead atoms. The zero-order chi connectivity index (χ0) is 22.0. The number of unbranched alkanes of at least 4 members (excludes halogenated alkanes) is 2. The van der Waals surface area contributed by atoms with E-state index in [-0.39, 0.29) is 5.75 Å². The number of hydrogen-bond acceptors (Lipinski definition) is 3. The highest BCUT2D eigenvalue weighted by Gasteiger charge is 2.21. The Morgan fingerprint density at radius 2 is 1.84 bits per heavy atom. The number of aromatic nitrogens is 1. The first-order valence-electron chi connectivity index (χ1n) is 10.6. The van der Waals surface area contributed by atoms with Crippen LogP contribution < -0.4 is 0 Å². The van der Waals surface area contributed by atoms with Crippen LogP contribution in [0.25, 0.3) is 21.8 Å². The number of phenols is 1. The molecule has 0 unspecified atom stereocenters. The van der Waals surface area contributed by atoms with Crippen molar-refractivity contribution in [2.45, 2.75) is 39.2 Å². The Bertz CT molecular complexity index is 1260. The first-order valence-corrected chi connectivity index (χ1v) is 11.0. The van der Waals surface area contributed by atoms with Crippen LogP contribution in [0, 0.1) is 0 Å². The van der Waals surface area contributed by atoms with Gasteiger partial charge < -0.3 is 14.4 Å². The van der Waals surface area contributed by atoms with Crippen molar-refractivity contribution in [2.75, 3.05) is 7.11 Å². The zero-order valence-corrected chi connectivity index (χ0v) is 18.6. The van der Waals surface area contributed by atoms with Crippen LogP contribution in [0.1, 0.15) is 47.7 Å². The minimum absolute atomic E-state index is 0.184. The molecule has 4 nitrogen and oxygen atoms in total. The number of ether oxygens (including phenoxy) is 1. The van der Waals surface area contributed by atoms with E-state index in [1.807, 2.05) is 42.5 Å². The third-order valence-electron chi connectivity index (χ3n) is 5.79. The lowest BCUT2D eigenvalue weighted by atomic mass is 10.0. The number of carbonyl (C=O) groups excluding carboxylic acids is 1. The number of phenolic OH excluding ortho intramolecular Hbond substituents is 1. The maximum absolute atomic E-state index is 12.5. The van der Waals surface area contributed by atoms with E-state index in [4.69, 9.17) is 16.3 Å². The SMILES string of the molecule is CCCCCc1cc(O)c2c3c(C(=O)OC)cccc3n(Cc3ccccc3Cl)c2c1. The molecule has 1 aromatic heterocycles. The van der Waals surface area contributed by atoms with E-state index in [0.717, 1.165) is 47.8 Å². The van der Waals surface area contributed by atoms with Crippen molar-refractivity contribution in [2.24, 2.45) is 0 Å². The molecule has 0 spiro atoms. The van der Waals surface area contributed by atoms with Crippen LogP contribution in [0.2, 0.25) is 5.02 Å². The Balaban J connectivity index is 1.99. The van der Waals surface area contributed by atoms with Crippen molar-refractivity contribution in [3.63, 3.8) is 0 Å². The molecule has 4 aromatic rings. The number of carbonyl (C=O) groups is 1. The first-order chi connectivity index (χ1) is 15.0. The van der Waals surface area contributed by atoms with Crippen LogP contribution >= 0.6 is 11.6 Å². The largest absolute Gasteiger partial charge is 0.507 e. The molecular weight excluding hydrogens is 410 g/mol. The van der Waals surface area contributed by atoms with E-state index < -0.39 is 5.97 Å². The third-order valence-corrected chi connectivity index (χ3v) is 6.16. The van der Waals surface area contributed by atoms with Crippen molar-refractivity contribution in [3.05, 3.63) is 76.3 Å². The fourth-order valence-corrected chi connectivity index (χ4v) is 4.46. The van der Waals surface area contributed by atoms with Gasteiger partial charge in [0, 0.05) is 17.0 Å². The van der Waals surface area contributed by atoms with Gasteiger partial charge >= 0.3 is 5.97 Å². The number of fused-ring (bicyclic) bond motifs is 3. The number of methoxy groups -OCH3 is 1. The summed E-state index contributed by atoms with van der Waals surface area (Å²) in [4.78, 5) is 12.5. The van der Waals surface area contributed by atoms with Gasteiger partial charge in [0.1, 0.15) is 5.75 Å². The Morgan fingerprint density at radius 3 is 2.58 bits per heavy atom. The van der Waals surface area contributed by atoms with Gasteiger partial charge in [-0.05, 0) is 54.3 Å². The fourth-order valence-electron chi connectivity index (χ4n) is 4.27. The molecule has 3 aromatic carbocycles. The molecule has 1 N–H and O–H groups in total. The molecule has 0 aliphatic rings. The molecule has 0 aliphatic heterocycles. The molecule has 1 heterocycles.